The first-order chi connectivity index (χ1) is 20.0. The first-order valence-electron chi connectivity index (χ1n) is 11.8. The van der Waals surface area contributed by atoms with E-state index in [-0.39, 0.29) is 22.3 Å². The van der Waals surface area contributed by atoms with Crippen LogP contribution in [0.5, 0.6) is 0 Å². The molecule has 4 N–H and O–H groups in total. The van der Waals surface area contributed by atoms with Crippen LogP contribution in [0.25, 0.3) is 0 Å². The summed E-state index contributed by atoms with van der Waals surface area (Å²) in [6, 6.07) is 11.4. The third-order valence-electron chi connectivity index (χ3n) is 3.46. The Hall–Kier alpha value is -5.91. The van der Waals surface area contributed by atoms with E-state index in [1.54, 1.807) is 68.6 Å². The molecule has 0 spiro atoms. The van der Waals surface area contributed by atoms with Gasteiger partial charge in [-0.15, -0.1) is 0 Å². The number of rotatable bonds is 0. The fraction of sp³-hybridized carbons (Fsp3) is 0.129. The summed E-state index contributed by atoms with van der Waals surface area (Å²) < 4.78 is 13.5. The summed E-state index contributed by atoms with van der Waals surface area (Å²) in [4.78, 5) is 29.4. The van der Waals surface area contributed by atoms with E-state index in [4.69, 9.17) is 0 Å². The molecule has 232 valence electrons. The van der Waals surface area contributed by atoms with Crippen molar-refractivity contribution in [2.24, 2.45) is 4.99 Å². The number of imidazole rings is 2. The summed E-state index contributed by atoms with van der Waals surface area (Å²) in [7, 11) is 0. The smallest absolute Gasteiger partial charge is 0.180 e. The molecule has 0 unspecified atom stereocenters. The van der Waals surface area contributed by atoms with Gasteiger partial charge in [0.15, 0.2) is 12.8 Å². The highest BCUT2D eigenvalue weighted by Crippen LogP contribution is 1.86. The summed E-state index contributed by atoms with van der Waals surface area (Å²) in [5.41, 5.74) is 0. The van der Waals surface area contributed by atoms with Gasteiger partial charge in [-0.25, -0.2) is 19.9 Å². The highest BCUT2D eigenvalue weighted by molar-refractivity contribution is 5.62. The Balaban J connectivity index is -0.000000421. The minimum atomic E-state index is 0. The SMILES string of the molecule is C.C.C.C1=CN=CC1.c1c[nH]cn1.c1c[nH]cn1.c1cc[nH]c1.c1cc[nH]c1.c1ccoc1.c1cocn1.c1cocn1. The van der Waals surface area contributed by atoms with Crippen LogP contribution in [0.2, 0.25) is 0 Å². The van der Waals surface area contributed by atoms with Crippen molar-refractivity contribution in [3.05, 3.63) is 161 Å². The first kappa shape index (κ1) is 41.6. The van der Waals surface area contributed by atoms with Crippen LogP contribution < -0.4 is 0 Å². The molecule has 0 radical (unpaired) electrons. The van der Waals surface area contributed by atoms with Crippen molar-refractivity contribution in [3.8, 4) is 0 Å². The van der Waals surface area contributed by atoms with Gasteiger partial charge in [0.05, 0.1) is 37.6 Å². The molecule has 7 aromatic heterocycles. The largest absolute Gasteiger partial charge is 0.473 e. The number of hydrogen-bond acceptors (Lipinski definition) is 8. The Bertz CT molecular complexity index is 859. The van der Waals surface area contributed by atoms with Crippen LogP contribution >= 0.6 is 0 Å². The molecular weight excluding hydrogens is 546 g/mol. The normalized spacial score (nSPS) is 8.56. The van der Waals surface area contributed by atoms with Crippen molar-refractivity contribution in [2.45, 2.75) is 28.7 Å². The van der Waals surface area contributed by atoms with Crippen LogP contribution in [0.15, 0.2) is 179 Å². The number of aromatic nitrogens is 8. The zero-order chi connectivity index (χ0) is 28.3. The predicted octanol–water partition coefficient (Wildman–Crippen LogP) is 8.36. The van der Waals surface area contributed by atoms with Gasteiger partial charge >= 0.3 is 0 Å². The van der Waals surface area contributed by atoms with Gasteiger partial charge in [0.1, 0.15) is 12.5 Å². The van der Waals surface area contributed by atoms with Crippen molar-refractivity contribution in [1.29, 1.82) is 0 Å². The number of aromatic amines is 4. The van der Waals surface area contributed by atoms with E-state index in [1.165, 1.54) is 25.3 Å². The van der Waals surface area contributed by atoms with Gasteiger partial charge in [-0.3, -0.25) is 4.99 Å². The molecule has 0 aromatic carbocycles. The molecule has 1 aliphatic rings. The fourth-order valence-corrected chi connectivity index (χ4v) is 1.87. The maximum absolute atomic E-state index is 4.58. The van der Waals surface area contributed by atoms with E-state index >= 15 is 0 Å². The average Bonchev–Trinajstić information content (AvgIpc) is 3.95. The van der Waals surface area contributed by atoms with Crippen LogP contribution in [0, 0.1) is 0 Å². The van der Waals surface area contributed by atoms with Crippen molar-refractivity contribution in [2.75, 3.05) is 0 Å². The van der Waals surface area contributed by atoms with Gasteiger partial charge in [-0.2, -0.15) is 0 Å². The van der Waals surface area contributed by atoms with Gasteiger partial charge in [0, 0.05) is 68.4 Å². The summed E-state index contributed by atoms with van der Waals surface area (Å²) in [6.07, 6.45) is 36.6. The van der Waals surface area contributed by atoms with Gasteiger partial charge in [0.25, 0.3) is 0 Å². The quantitative estimate of drug-likeness (QED) is 0.137. The van der Waals surface area contributed by atoms with Gasteiger partial charge in [0.2, 0.25) is 0 Å². The summed E-state index contributed by atoms with van der Waals surface area (Å²) in [6.45, 7) is 0. The second-order valence-electron chi connectivity index (χ2n) is 6.39. The van der Waals surface area contributed by atoms with Crippen LogP contribution in [-0.4, -0.2) is 46.1 Å². The van der Waals surface area contributed by atoms with Crippen LogP contribution in [-0.2, 0) is 0 Å². The highest BCUT2D eigenvalue weighted by Gasteiger charge is 1.73. The maximum Gasteiger partial charge on any atom is 0.180 e. The van der Waals surface area contributed by atoms with Gasteiger partial charge in [-0.05, 0) is 36.4 Å². The minimum Gasteiger partial charge on any atom is -0.473 e. The molecule has 0 atom stereocenters. The lowest BCUT2D eigenvalue weighted by Gasteiger charge is -1.54. The lowest BCUT2D eigenvalue weighted by atomic mass is 10.5. The van der Waals surface area contributed by atoms with Crippen LogP contribution in [0.4, 0.5) is 0 Å². The third kappa shape index (κ3) is 36.1. The Morgan fingerprint density at radius 3 is 1.07 bits per heavy atom. The molecule has 7 aromatic rings. The first-order valence-corrected chi connectivity index (χ1v) is 11.8. The van der Waals surface area contributed by atoms with E-state index in [1.807, 2.05) is 73.5 Å². The monoisotopic (exact) mass is 591 g/mol. The van der Waals surface area contributed by atoms with Crippen molar-refractivity contribution >= 4 is 6.21 Å². The molecule has 8 heterocycles. The number of hydrogen-bond donors (Lipinski definition) is 4. The Kier molecular flexibility index (Phi) is 37.0. The zero-order valence-electron chi connectivity index (χ0n) is 21.8. The molecule has 0 aliphatic carbocycles. The van der Waals surface area contributed by atoms with Gasteiger partial charge in [-0.1, -0.05) is 28.4 Å². The number of oxazole rings is 2. The predicted molar refractivity (Wildman–Crippen MR) is 173 cm³/mol. The summed E-state index contributed by atoms with van der Waals surface area (Å²) >= 11 is 0. The van der Waals surface area contributed by atoms with E-state index < -0.39 is 0 Å². The van der Waals surface area contributed by atoms with E-state index in [0.717, 1.165) is 6.42 Å². The molecule has 8 rings (SSSR count). The molecule has 0 bridgehead atoms. The number of H-pyrrole nitrogens is 4. The number of nitrogens with one attached hydrogen (secondary N) is 4. The summed E-state index contributed by atoms with van der Waals surface area (Å²) in [5, 5.41) is 0. The van der Waals surface area contributed by atoms with E-state index in [9.17, 15) is 0 Å². The fourth-order valence-electron chi connectivity index (χ4n) is 1.87. The maximum atomic E-state index is 4.58. The molecule has 0 saturated heterocycles. The minimum absolute atomic E-state index is 0. The Morgan fingerprint density at radius 1 is 0.465 bits per heavy atom. The Morgan fingerprint density at radius 2 is 0.953 bits per heavy atom. The molecule has 1 aliphatic heterocycles. The number of allylic oxidation sites excluding steroid dienone is 1. The molecule has 0 fully saturated rings. The highest BCUT2D eigenvalue weighted by atomic mass is 16.3. The number of aliphatic imine (C=N–C) groups is 1. The zero-order valence-corrected chi connectivity index (χ0v) is 21.8. The lowest BCUT2D eigenvalue weighted by Crippen LogP contribution is -1.51. The number of nitrogens with zero attached hydrogens (tertiary/aromatic N) is 5. The van der Waals surface area contributed by atoms with Crippen LogP contribution in [0.1, 0.15) is 28.7 Å². The van der Waals surface area contributed by atoms with Crippen molar-refractivity contribution in [3.63, 3.8) is 0 Å². The average molecular weight is 592 g/mol. The second kappa shape index (κ2) is 38.2. The van der Waals surface area contributed by atoms with Crippen molar-refractivity contribution < 1.29 is 13.3 Å². The molecular formula is C31H45N9O3. The third-order valence-corrected chi connectivity index (χ3v) is 3.46. The molecule has 12 heteroatoms. The summed E-state index contributed by atoms with van der Waals surface area (Å²) in [5.74, 6) is 0. The van der Waals surface area contributed by atoms with Crippen molar-refractivity contribution in [1.82, 2.24) is 39.9 Å². The van der Waals surface area contributed by atoms with Crippen LogP contribution in [0.3, 0.4) is 0 Å². The Labute approximate surface area is 254 Å². The molecule has 43 heavy (non-hydrogen) atoms. The molecule has 12 nitrogen and oxygen atoms in total. The lowest BCUT2D eigenvalue weighted by molar-refractivity contribution is 0.557. The standard InChI is InChI=1S/3C4H5N.C4H4O.2C3H4N2.2C3H3NO.3CH4/c4*1-2-4-5-3-1;4*1-2-5-3-4-1;;;/h1,3-4H,2H2;2*1-5H;1-4H;2*1-3H,(H,4,5);2*1-3H;3*1H4. The number of furan rings is 1. The topological polar surface area (TPSA) is 166 Å². The molecule has 0 saturated carbocycles. The second-order valence-corrected chi connectivity index (χ2v) is 6.39. The molecule has 0 amide bonds. The van der Waals surface area contributed by atoms with Gasteiger partial charge < -0.3 is 33.2 Å². The van der Waals surface area contributed by atoms with E-state index in [2.05, 4.69) is 58.1 Å². The van der Waals surface area contributed by atoms with E-state index in [0.29, 0.717) is 0 Å².